The Bertz CT molecular complexity index is 863. The SMILES string of the molecule is CC1(C)C(c2ccc(S(C)(=O)=O)cc2)=C(c2ccccc2)C1F. The summed E-state index contributed by atoms with van der Waals surface area (Å²) in [5.41, 5.74) is 2.80. The van der Waals surface area contributed by atoms with Crippen LogP contribution >= 0.6 is 0 Å². The van der Waals surface area contributed by atoms with Crippen molar-refractivity contribution in [3.63, 3.8) is 0 Å². The van der Waals surface area contributed by atoms with Gasteiger partial charge in [-0.1, -0.05) is 56.3 Å². The summed E-state index contributed by atoms with van der Waals surface area (Å²) in [4.78, 5) is 0.275. The van der Waals surface area contributed by atoms with Crippen LogP contribution in [0, 0.1) is 5.41 Å². The van der Waals surface area contributed by atoms with Crippen molar-refractivity contribution in [2.75, 3.05) is 6.26 Å². The van der Waals surface area contributed by atoms with E-state index in [1.165, 1.54) is 6.26 Å². The quantitative estimate of drug-likeness (QED) is 0.837. The minimum atomic E-state index is -3.23. The molecule has 1 aliphatic rings. The number of hydrogen-bond donors (Lipinski definition) is 0. The van der Waals surface area contributed by atoms with Crippen LogP contribution in [0.5, 0.6) is 0 Å². The molecular formula is C19H19FO2S. The van der Waals surface area contributed by atoms with E-state index in [4.69, 9.17) is 0 Å². The standard InChI is InChI=1S/C19H19FO2S/c1-19(2)17(14-9-11-15(12-10-14)23(3,21)22)16(18(19)20)13-7-5-4-6-8-13/h4-12,18H,1-3H3. The molecule has 1 atom stereocenters. The molecular weight excluding hydrogens is 311 g/mol. The molecule has 2 nitrogen and oxygen atoms in total. The van der Waals surface area contributed by atoms with Crippen molar-refractivity contribution in [3.05, 3.63) is 65.7 Å². The Morgan fingerprint density at radius 2 is 1.48 bits per heavy atom. The van der Waals surface area contributed by atoms with Crippen LogP contribution in [-0.4, -0.2) is 20.8 Å². The smallest absolute Gasteiger partial charge is 0.175 e. The lowest BCUT2D eigenvalue weighted by atomic mass is 9.61. The van der Waals surface area contributed by atoms with Gasteiger partial charge in [-0.25, -0.2) is 12.8 Å². The average molecular weight is 330 g/mol. The molecule has 0 aliphatic heterocycles. The number of benzene rings is 2. The van der Waals surface area contributed by atoms with E-state index in [0.29, 0.717) is 5.57 Å². The summed E-state index contributed by atoms with van der Waals surface area (Å²) in [7, 11) is -3.23. The second-order valence-corrected chi connectivity index (χ2v) is 8.55. The van der Waals surface area contributed by atoms with Gasteiger partial charge >= 0.3 is 0 Å². The fraction of sp³-hybridized carbons (Fsp3) is 0.263. The molecule has 4 heteroatoms. The monoisotopic (exact) mass is 330 g/mol. The van der Waals surface area contributed by atoms with E-state index in [2.05, 4.69) is 0 Å². The van der Waals surface area contributed by atoms with E-state index in [1.54, 1.807) is 24.3 Å². The molecule has 2 aromatic rings. The molecule has 0 bridgehead atoms. The van der Waals surface area contributed by atoms with Crippen molar-refractivity contribution in [1.29, 1.82) is 0 Å². The molecule has 1 aliphatic carbocycles. The van der Waals surface area contributed by atoms with Crippen LogP contribution in [0.1, 0.15) is 25.0 Å². The summed E-state index contributed by atoms with van der Waals surface area (Å²) in [6, 6.07) is 16.2. The summed E-state index contributed by atoms with van der Waals surface area (Å²) < 4.78 is 37.9. The Kier molecular flexibility index (Phi) is 3.68. The first-order valence-electron chi connectivity index (χ1n) is 7.47. The van der Waals surface area contributed by atoms with Crippen molar-refractivity contribution in [2.45, 2.75) is 24.9 Å². The van der Waals surface area contributed by atoms with E-state index in [0.717, 1.165) is 16.7 Å². The number of halogens is 1. The Hall–Kier alpha value is -1.94. The van der Waals surface area contributed by atoms with Crippen LogP contribution in [-0.2, 0) is 9.84 Å². The molecule has 0 saturated carbocycles. The van der Waals surface area contributed by atoms with Crippen molar-refractivity contribution in [2.24, 2.45) is 5.41 Å². The van der Waals surface area contributed by atoms with Gasteiger partial charge in [0.2, 0.25) is 0 Å². The number of rotatable bonds is 3. The highest BCUT2D eigenvalue weighted by Gasteiger charge is 2.48. The zero-order chi connectivity index (χ0) is 16.8. The fourth-order valence-electron chi connectivity index (χ4n) is 3.19. The molecule has 23 heavy (non-hydrogen) atoms. The number of hydrogen-bond acceptors (Lipinski definition) is 2. The van der Waals surface area contributed by atoms with Gasteiger partial charge in [-0.15, -0.1) is 0 Å². The first kappa shape index (κ1) is 15.9. The molecule has 3 rings (SSSR count). The third-order valence-electron chi connectivity index (χ3n) is 4.46. The normalized spacial score (nSPS) is 20.3. The Morgan fingerprint density at radius 3 is 2.00 bits per heavy atom. The summed E-state index contributed by atoms with van der Waals surface area (Å²) in [5.74, 6) is 0. The van der Waals surface area contributed by atoms with Gasteiger partial charge < -0.3 is 0 Å². The van der Waals surface area contributed by atoms with Crippen LogP contribution < -0.4 is 0 Å². The Morgan fingerprint density at radius 1 is 0.913 bits per heavy atom. The number of sulfone groups is 1. The van der Waals surface area contributed by atoms with Gasteiger partial charge in [0, 0.05) is 11.7 Å². The summed E-state index contributed by atoms with van der Waals surface area (Å²) in [5, 5.41) is 0. The molecule has 0 amide bonds. The third-order valence-corrected chi connectivity index (χ3v) is 5.59. The highest BCUT2D eigenvalue weighted by Crippen LogP contribution is 2.57. The molecule has 0 N–H and O–H groups in total. The van der Waals surface area contributed by atoms with Gasteiger partial charge in [-0.3, -0.25) is 0 Å². The van der Waals surface area contributed by atoms with E-state index in [1.807, 2.05) is 44.2 Å². The number of allylic oxidation sites excluding steroid dienone is 2. The van der Waals surface area contributed by atoms with Gasteiger partial charge in [-0.2, -0.15) is 0 Å². The van der Waals surface area contributed by atoms with Crippen LogP contribution in [0.2, 0.25) is 0 Å². The second-order valence-electron chi connectivity index (χ2n) is 6.54. The van der Waals surface area contributed by atoms with Gasteiger partial charge in [0.1, 0.15) is 6.17 Å². The average Bonchev–Trinajstić information content (AvgIpc) is 2.52. The molecule has 0 fully saturated rings. The van der Waals surface area contributed by atoms with E-state index >= 15 is 0 Å². The summed E-state index contributed by atoms with van der Waals surface area (Å²) >= 11 is 0. The molecule has 120 valence electrons. The second kappa shape index (κ2) is 5.31. The third kappa shape index (κ3) is 2.61. The first-order valence-corrected chi connectivity index (χ1v) is 9.36. The maximum atomic E-state index is 14.7. The highest BCUT2D eigenvalue weighted by molar-refractivity contribution is 7.90. The lowest BCUT2D eigenvalue weighted by molar-refractivity contribution is 0.236. The first-order chi connectivity index (χ1) is 10.7. The van der Waals surface area contributed by atoms with Crippen molar-refractivity contribution >= 4 is 21.0 Å². The molecule has 0 radical (unpaired) electrons. The molecule has 0 heterocycles. The van der Waals surface area contributed by atoms with Gasteiger partial charge in [0.25, 0.3) is 0 Å². The number of alkyl halides is 1. The lowest BCUT2D eigenvalue weighted by Gasteiger charge is -2.45. The van der Waals surface area contributed by atoms with Gasteiger partial charge in [0.15, 0.2) is 9.84 Å². The molecule has 2 aromatic carbocycles. The maximum absolute atomic E-state index is 14.7. The lowest BCUT2D eigenvalue weighted by Crippen LogP contribution is -2.38. The van der Waals surface area contributed by atoms with Gasteiger partial charge in [0.05, 0.1) is 4.90 Å². The summed E-state index contributed by atoms with van der Waals surface area (Å²) in [6.45, 7) is 3.76. The van der Waals surface area contributed by atoms with Crippen molar-refractivity contribution < 1.29 is 12.8 Å². The van der Waals surface area contributed by atoms with E-state index in [9.17, 15) is 12.8 Å². The predicted molar refractivity (Wildman–Crippen MR) is 91.5 cm³/mol. The van der Waals surface area contributed by atoms with Gasteiger partial charge in [-0.05, 0) is 34.4 Å². The molecule has 0 spiro atoms. The Balaban J connectivity index is 2.13. The zero-order valence-electron chi connectivity index (χ0n) is 13.4. The molecule has 0 aromatic heterocycles. The van der Waals surface area contributed by atoms with E-state index < -0.39 is 21.4 Å². The largest absolute Gasteiger partial charge is 0.241 e. The van der Waals surface area contributed by atoms with Crippen LogP contribution in [0.15, 0.2) is 59.5 Å². The maximum Gasteiger partial charge on any atom is 0.175 e. The highest BCUT2D eigenvalue weighted by atomic mass is 32.2. The van der Waals surface area contributed by atoms with Crippen LogP contribution in [0.3, 0.4) is 0 Å². The topological polar surface area (TPSA) is 34.1 Å². The summed E-state index contributed by atoms with van der Waals surface area (Å²) in [6.07, 6.45) is 0.149. The van der Waals surface area contributed by atoms with Crippen molar-refractivity contribution in [1.82, 2.24) is 0 Å². The fourth-order valence-corrected chi connectivity index (χ4v) is 3.82. The predicted octanol–water partition coefficient (Wildman–Crippen LogP) is 4.38. The minimum Gasteiger partial charge on any atom is -0.241 e. The van der Waals surface area contributed by atoms with Crippen molar-refractivity contribution in [3.8, 4) is 0 Å². The zero-order valence-corrected chi connectivity index (χ0v) is 14.2. The molecule has 1 unspecified atom stereocenters. The van der Waals surface area contributed by atoms with Crippen LogP contribution in [0.4, 0.5) is 4.39 Å². The van der Waals surface area contributed by atoms with E-state index in [-0.39, 0.29) is 4.90 Å². The Labute approximate surface area is 136 Å². The molecule has 0 saturated heterocycles. The van der Waals surface area contributed by atoms with Crippen LogP contribution in [0.25, 0.3) is 11.1 Å². The minimum absolute atomic E-state index is 0.275.